The maximum absolute atomic E-state index is 11.7. The van der Waals surface area contributed by atoms with Crippen molar-refractivity contribution >= 4 is 11.7 Å². The van der Waals surface area contributed by atoms with Crippen molar-refractivity contribution in [3.05, 3.63) is 90.0 Å². The molecule has 1 N–H and O–H groups in total. The molecule has 8 heteroatoms. The number of hydrogen-bond acceptors (Lipinski definition) is 7. The molecule has 0 bridgehead atoms. The number of carbonyl (C=O) groups is 1. The highest BCUT2D eigenvalue weighted by Crippen LogP contribution is 2.22. The number of para-hydroxylation sites is 1. The molecule has 0 amide bonds. The van der Waals surface area contributed by atoms with Crippen LogP contribution in [0.2, 0.25) is 0 Å². The lowest BCUT2D eigenvalue weighted by molar-refractivity contribution is 0.0526. The number of nitrogens with one attached hydrogen (secondary N) is 1. The van der Waals surface area contributed by atoms with Gasteiger partial charge in [0, 0.05) is 12.2 Å². The van der Waals surface area contributed by atoms with Crippen molar-refractivity contribution in [2.75, 3.05) is 11.9 Å². The highest BCUT2D eigenvalue weighted by Gasteiger charge is 2.11. The molecule has 0 spiro atoms. The number of ether oxygens (including phenoxy) is 2. The largest absolute Gasteiger partial charge is 0.462 e. The van der Waals surface area contributed by atoms with E-state index in [4.69, 9.17) is 9.47 Å². The highest BCUT2D eigenvalue weighted by molar-refractivity contribution is 5.89. The lowest BCUT2D eigenvalue weighted by atomic mass is 10.2. The molecule has 3 aromatic carbocycles. The Labute approximate surface area is 179 Å². The van der Waals surface area contributed by atoms with Crippen molar-refractivity contribution < 1.29 is 14.3 Å². The van der Waals surface area contributed by atoms with Crippen LogP contribution in [0.15, 0.2) is 78.9 Å². The molecule has 31 heavy (non-hydrogen) atoms. The van der Waals surface area contributed by atoms with Crippen molar-refractivity contribution in [1.82, 2.24) is 20.2 Å². The fourth-order valence-electron chi connectivity index (χ4n) is 2.94. The van der Waals surface area contributed by atoms with Gasteiger partial charge in [-0.3, -0.25) is 0 Å². The van der Waals surface area contributed by atoms with Gasteiger partial charge in [0.15, 0.2) is 0 Å². The third-order valence-corrected chi connectivity index (χ3v) is 4.44. The SMILES string of the molecule is CCOC(=O)c1ccc(NCc2cccc(Oc3nnnn3-c3ccccc3)c2)cc1. The zero-order valence-electron chi connectivity index (χ0n) is 16.9. The molecule has 1 heterocycles. The number of rotatable bonds is 8. The van der Waals surface area contributed by atoms with Gasteiger partial charge in [-0.05, 0) is 71.4 Å². The maximum Gasteiger partial charge on any atom is 0.345 e. The Morgan fingerprint density at radius 1 is 1.00 bits per heavy atom. The molecule has 0 fully saturated rings. The second-order valence-corrected chi connectivity index (χ2v) is 6.61. The van der Waals surface area contributed by atoms with E-state index in [1.165, 1.54) is 4.68 Å². The molecule has 0 aliphatic heterocycles. The highest BCUT2D eigenvalue weighted by atomic mass is 16.5. The number of hydrogen-bond donors (Lipinski definition) is 1. The summed E-state index contributed by atoms with van der Waals surface area (Å²) in [6.07, 6.45) is 0. The van der Waals surface area contributed by atoms with Gasteiger partial charge in [-0.25, -0.2) is 4.79 Å². The van der Waals surface area contributed by atoms with Gasteiger partial charge in [0.1, 0.15) is 5.75 Å². The number of nitrogens with zero attached hydrogens (tertiary/aromatic N) is 4. The van der Waals surface area contributed by atoms with E-state index >= 15 is 0 Å². The van der Waals surface area contributed by atoms with E-state index < -0.39 is 0 Å². The van der Waals surface area contributed by atoms with E-state index in [1.807, 2.05) is 66.7 Å². The van der Waals surface area contributed by atoms with Crippen LogP contribution in [-0.4, -0.2) is 32.8 Å². The van der Waals surface area contributed by atoms with E-state index in [0.717, 1.165) is 16.9 Å². The van der Waals surface area contributed by atoms with Crippen LogP contribution in [-0.2, 0) is 11.3 Å². The Balaban J connectivity index is 1.41. The summed E-state index contributed by atoms with van der Waals surface area (Å²) in [6, 6.07) is 24.7. The Morgan fingerprint density at radius 2 is 1.81 bits per heavy atom. The average Bonchev–Trinajstić information content (AvgIpc) is 3.27. The summed E-state index contributed by atoms with van der Waals surface area (Å²) in [5.74, 6) is 0.306. The molecule has 0 aliphatic rings. The number of esters is 1. The molecule has 1 aromatic heterocycles. The van der Waals surface area contributed by atoms with E-state index in [1.54, 1.807) is 19.1 Å². The smallest absolute Gasteiger partial charge is 0.345 e. The predicted octanol–water partition coefficient (Wildman–Crippen LogP) is 4.24. The standard InChI is InChI=1S/C23H21N5O3/c1-2-30-22(29)18-11-13-19(14-12-18)24-16-17-7-6-10-21(15-17)31-23-25-26-27-28(23)20-8-4-3-5-9-20/h3-15,24H,2,16H2,1H3. The van der Waals surface area contributed by atoms with Crippen LogP contribution in [0, 0.1) is 0 Å². The van der Waals surface area contributed by atoms with Crippen LogP contribution in [0.25, 0.3) is 5.69 Å². The summed E-state index contributed by atoms with van der Waals surface area (Å²) in [4.78, 5) is 11.7. The minimum Gasteiger partial charge on any atom is -0.462 e. The zero-order chi connectivity index (χ0) is 21.5. The van der Waals surface area contributed by atoms with Gasteiger partial charge in [0.25, 0.3) is 0 Å². The summed E-state index contributed by atoms with van der Waals surface area (Å²) < 4.78 is 12.4. The number of tetrazole rings is 1. The molecule has 0 radical (unpaired) electrons. The van der Waals surface area contributed by atoms with Crippen molar-refractivity contribution in [3.8, 4) is 17.4 Å². The van der Waals surface area contributed by atoms with Gasteiger partial charge in [-0.15, -0.1) is 0 Å². The number of anilines is 1. The molecule has 4 rings (SSSR count). The van der Waals surface area contributed by atoms with Crippen molar-refractivity contribution in [2.45, 2.75) is 13.5 Å². The predicted molar refractivity (Wildman–Crippen MR) is 115 cm³/mol. The molecule has 0 saturated heterocycles. The van der Waals surface area contributed by atoms with Gasteiger partial charge in [-0.2, -0.15) is 4.68 Å². The first-order chi connectivity index (χ1) is 15.2. The normalized spacial score (nSPS) is 10.5. The lowest BCUT2D eigenvalue weighted by Crippen LogP contribution is -2.05. The first-order valence-corrected chi connectivity index (χ1v) is 9.84. The minimum absolute atomic E-state index is 0.283. The summed E-state index contributed by atoms with van der Waals surface area (Å²) in [5, 5.41) is 15.0. The molecular formula is C23H21N5O3. The maximum atomic E-state index is 11.7. The summed E-state index contributed by atoms with van der Waals surface area (Å²) >= 11 is 0. The quantitative estimate of drug-likeness (QED) is 0.430. The summed E-state index contributed by atoms with van der Waals surface area (Å²) in [7, 11) is 0. The van der Waals surface area contributed by atoms with Crippen LogP contribution >= 0.6 is 0 Å². The number of benzene rings is 3. The second kappa shape index (κ2) is 9.53. The van der Waals surface area contributed by atoms with Gasteiger partial charge < -0.3 is 14.8 Å². The Bertz CT molecular complexity index is 1140. The Morgan fingerprint density at radius 3 is 2.58 bits per heavy atom. The topological polar surface area (TPSA) is 91.2 Å². The van der Waals surface area contributed by atoms with Gasteiger partial charge in [-0.1, -0.05) is 35.4 Å². The number of aromatic nitrogens is 4. The van der Waals surface area contributed by atoms with Crippen molar-refractivity contribution in [3.63, 3.8) is 0 Å². The molecular weight excluding hydrogens is 394 g/mol. The van der Waals surface area contributed by atoms with E-state index in [0.29, 0.717) is 24.5 Å². The van der Waals surface area contributed by atoms with E-state index in [9.17, 15) is 4.79 Å². The van der Waals surface area contributed by atoms with Crippen molar-refractivity contribution in [2.24, 2.45) is 0 Å². The fourth-order valence-corrected chi connectivity index (χ4v) is 2.94. The zero-order valence-corrected chi connectivity index (χ0v) is 16.9. The fraction of sp³-hybridized carbons (Fsp3) is 0.130. The first kappa shape index (κ1) is 20.1. The average molecular weight is 415 g/mol. The molecule has 4 aromatic rings. The molecule has 8 nitrogen and oxygen atoms in total. The van der Waals surface area contributed by atoms with Gasteiger partial charge in [0.05, 0.1) is 17.9 Å². The first-order valence-electron chi connectivity index (χ1n) is 9.84. The van der Waals surface area contributed by atoms with Crippen LogP contribution in [0.3, 0.4) is 0 Å². The van der Waals surface area contributed by atoms with Crippen LogP contribution in [0.4, 0.5) is 5.69 Å². The monoisotopic (exact) mass is 415 g/mol. The van der Waals surface area contributed by atoms with E-state index in [-0.39, 0.29) is 12.0 Å². The van der Waals surface area contributed by atoms with Gasteiger partial charge in [0.2, 0.25) is 0 Å². The number of carbonyl (C=O) groups excluding carboxylic acids is 1. The molecule has 0 atom stereocenters. The summed E-state index contributed by atoms with van der Waals surface area (Å²) in [5.41, 5.74) is 3.25. The van der Waals surface area contributed by atoms with Gasteiger partial charge >= 0.3 is 12.0 Å². The summed E-state index contributed by atoms with van der Waals surface area (Å²) in [6.45, 7) is 2.72. The third kappa shape index (κ3) is 5.05. The van der Waals surface area contributed by atoms with Crippen LogP contribution < -0.4 is 10.1 Å². The molecule has 0 unspecified atom stereocenters. The van der Waals surface area contributed by atoms with Crippen LogP contribution in [0.1, 0.15) is 22.8 Å². The third-order valence-electron chi connectivity index (χ3n) is 4.44. The molecule has 156 valence electrons. The Kier molecular flexibility index (Phi) is 6.18. The van der Waals surface area contributed by atoms with Crippen molar-refractivity contribution in [1.29, 1.82) is 0 Å². The second-order valence-electron chi connectivity index (χ2n) is 6.61. The van der Waals surface area contributed by atoms with Crippen LogP contribution in [0.5, 0.6) is 11.8 Å². The minimum atomic E-state index is -0.322. The molecule has 0 aliphatic carbocycles. The lowest BCUT2D eigenvalue weighted by Gasteiger charge is -2.10. The van der Waals surface area contributed by atoms with E-state index in [2.05, 4.69) is 20.8 Å². The Hall–Kier alpha value is -4.20. The molecule has 0 saturated carbocycles.